The summed E-state index contributed by atoms with van der Waals surface area (Å²) in [5.41, 5.74) is 1.24. The molecule has 1 aromatic carbocycles. The lowest BCUT2D eigenvalue weighted by atomic mass is 10.00. The monoisotopic (exact) mass is 349 g/mol. The summed E-state index contributed by atoms with van der Waals surface area (Å²) in [5.74, 6) is -0.859. The highest BCUT2D eigenvalue weighted by molar-refractivity contribution is 6.35. The summed E-state index contributed by atoms with van der Waals surface area (Å²) >= 11 is 6.28. The molecule has 2 N–H and O–H groups in total. The lowest BCUT2D eigenvalue weighted by Crippen LogP contribution is -2.15. The minimum absolute atomic E-state index is 0.0208. The number of esters is 1. The van der Waals surface area contributed by atoms with Crippen LogP contribution in [0.3, 0.4) is 0 Å². The molecule has 0 radical (unpaired) electrons. The van der Waals surface area contributed by atoms with Gasteiger partial charge in [-0.3, -0.25) is 0 Å². The van der Waals surface area contributed by atoms with Crippen LogP contribution in [-0.2, 0) is 4.74 Å². The van der Waals surface area contributed by atoms with Gasteiger partial charge in [0.25, 0.3) is 0 Å². The molecule has 0 amide bonds. The van der Waals surface area contributed by atoms with E-state index in [-0.39, 0.29) is 34.0 Å². The van der Waals surface area contributed by atoms with E-state index >= 15 is 0 Å². The van der Waals surface area contributed by atoms with Gasteiger partial charge in [0.2, 0.25) is 0 Å². The summed E-state index contributed by atoms with van der Waals surface area (Å²) in [4.78, 5) is 16.0. The van der Waals surface area contributed by atoms with Gasteiger partial charge < -0.3 is 15.5 Å². The number of benzene rings is 1. The Labute approximate surface area is 144 Å². The van der Waals surface area contributed by atoms with Crippen LogP contribution in [-0.4, -0.2) is 23.8 Å². The van der Waals surface area contributed by atoms with Crippen LogP contribution >= 0.6 is 11.6 Å². The first-order valence-electron chi connectivity index (χ1n) is 7.23. The highest BCUT2D eigenvalue weighted by atomic mass is 35.5. The van der Waals surface area contributed by atoms with Crippen molar-refractivity contribution in [1.82, 2.24) is 4.98 Å². The Morgan fingerprint density at radius 3 is 2.50 bits per heavy atom. The zero-order chi connectivity index (χ0) is 17.9. The van der Waals surface area contributed by atoms with Crippen molar-refractivity contribution < 1.29 is 13.9 Å². The highest BCUT2D eigenvalue weighted by Crippen LogP contribution is 2.29. The number of nitrogens with zero attached hydrogens (tertiary/aromatic N) is 1. The van der Waals surface area contributed by atoms with Crippen LogP contribution in [0.15, 0.2) is 30.3 Å². The van der Waals surface area contributed by atoms with Crippen molar-refractivity contribution in [2.24, 2.45) is 5.92 Å². The second kappa shape index (κ2) is 7.40. The summed E-state index contributed by atoms with van der Waals surface area (Å²) in [6.45, 7) is 3.71. The van der Waals surface area contributed by atoms with Crippen LogP contribution in [0.5, 0.6) is 0 Å². The molecule has 5 nitrogen and oxygen atoms in total. The zero-order valence-corrected chi connectivity index (χ0v) is 14.2. The van der Waals surface area contributed by atoms with Crippen molar-refractivity contribution >= 4 is 34.8 Å². The summed E-state index contributed by atoms with van der Waals surface area (Å²) < 4.78 is 17.7. The smallest absolute Gasteiger partial charge is 0.356 e. The first kappa shape index (κ1) is 17.9. The third-order valence-electron chi connectivity index (χ3n) is 3.32. The number of carbonyl (C=O) groups is 1. The number of methoxy groups -OCH3 is 1. The van der Waals surface area contributed by atoms with Crippen LogP contribution in [0.4, 0.5) is 15.9 Å². The molecule has 2 aromatic rings. The Morgan fingerprint density at radius 2 is 1.96 bits per heavy atom. The second-order valence-corrected chi connectivity index (χ2v) is 5.81. The van der Waals surface area contributed by atoms with Gasteiger partial charge in [-0.2, -0.15) is 0 Å². The first-order chi connectivity index (χ1) is 11.3. The number of hydrogen-bond acceptors (Lipinski definition) is 5. The number of carbonyl (C=O) groups excluding carboxylic acids is 1. The molecule has 0 spiro atoms. The van der Waals surface area contributed by atoms with Crippen molar-refractivity contribution in [2.75, 3.05) is 12.4 Å². The molecule has 2 rings (SSSR count). The van der Waals surface area contributed by atoms with Gasteiger partial charge in [0.15, 0.2) is 5.69 Å². The van der Waals surface area contributed by atoms with E-state index in [1.165, 1.54) is 37.4 Å². The fourth-order valence-electron chi connectivity index (χ4n) is 2.03. The Hall–Kier alpha value is -2.47. The average molecular weight is 350 g/mol. The molecule has 0 bridgehead atoms. The second-order valence-electron chi connectivity index (χ2n) is 5.40. The van der Waals surface area contributed by atoms with Crippen LogP contribution < -0.4 is 5.32 Å². The molecule has 0 aliphatic carbocycles. The Kier molecular flexibility index (Phi) is 5.51. The van der Waals surface area contributed by atoms with Crippen molar-refractivity contribution in [3.8, 4) is 0 Å². The fraction of sp³-hybridized carbons (Fsp3) is 0.235. The predicted octanol–water partition coefficient (Wildman–Crippen LogP) is 4.43. The minimum atomic E-state index is -0.637. The van der Waals surface area contributed by atoms with E-state index in [1.54, 1.807) is 0 Å². The summed E-state index contributed by atoms with van der Waals surface area (Å²) in [6, 6.07) is 7.01. The van der Waals surface area contributed by atoms with Gasteiger partial charge in [0, 0.05) is 11.4 Å². The largest absolute Gasteiger partial charge is 0.464 e. The molecule has 126 valence electrons. The zero-order valence-electron chi connectivity index (χ0n) is 13.5. The third-order valence-corrected chi connectivity index (χ3v) is 3.62. The van der Waals surface area contributed by atoms with E-state index in [2.05, 4.69) is 15.0 Å². The summed E-state index contributed by atoms with van der Waals surface area (Å²) in [7, 11) is 1.25. The van der Waals surface area contributed by atoms with Gasteiger partial charge in [0.05, 0.1) is 17.7 Å². The molecule has 0 saturated carbocycles. The van der Waals surface area contributed by atoms with Crippen molar-refractivity contribution in [3.05, 3.63) is 52.4 Å². The first-order valence-corrected chi connectivity index (χ1v) is 7.61. The highest BCUT2D eigenvalue weighted by Gasteiger charge is 2.21. The van der Waals surface area contributed by atoms with Crippen molar-refractivity contribution in [3.63, 3.8) is 0 Å². The quantitative estimate of drug-likeness (QED) is 0.618. The number of halogens is 2. The number of rotatable bonds is 5. The molecular weight excluding hydrogens is 333 g/mol. The Balaban J connectivity index is 2.55. The Morgan fingerprint density at radius 1 is 1.33 bits per heavy atom. The average Bonchev–Trinajstić information content (AvgIpc) is 2.55. The fourth-order valence-corrected chi connectivity index (χ4v) is 2.32. The van der Waals surface area contributed by atoms with Crippen LogP contribution in [0.2, 0.25) is 5.02 Å². The van der Waals surface area contributed by atoms with Crippen LogP contribution in [0.25, 0.3) is 0 Å². The molecule has 24 heavy (non-hydrogen) atoms. The molecule has 1 heterocycles. The molecule has 7 heteroatoms. The molecule has 0 aliphatic heterocycles. The number of pyridine rings is 1. The van der Waals surface area contributed by atoms with Crippen LogP contribution in [0, 0.1) is 17.1 Å². The molecule has 0 saturated heterocycles. The van der Waals surface area contributed by atoms with E-state index in [0.717, 1.165) is 0 Å². The molecule has 0 unspecified atom stereocenters. The van der Waals surface area contributed by atoms with Gasteiger partial charge >= 0.3 is 5.97 Å². The van der Waals surface area contributed by atoms with Gasteiger partial charge in [-0.1, -0.05) is 25.4 Å². The maximum absolute atomic E-state index is 13.1. The topological polar surface area (TPSA) is 75.1 Å². The van der Waals surface area contributed by atoms with Crippen molar-refractivity contribution in [1.29, 1.82) is 5.41 Å². The maximum atomic E-state index is 13.1. The number of aromatic nitrogens is 1. The number of nitrogens with one attached hydrogen (secondary N) is 2. The maximum Gasteiger partial charge on any atom is 0.356 e. The summed E-state index contributed by atoms with van der Waals surface area (Å²) in [5, 5.41) is 11.4. The molecule has 0 fully saturated rings. The summed E-state index contributed by atoms with van der Waals surface area (Å²) in [6.07, 6.45) is 0. The number of hydrogen-bond donors (Lipinski definition) is 2. The van der Waals surface area contributed by atoms with Crippen molar-refractivity contribution in [2.45, 2.75) is 13.8 Å². The normalized spacial score (nSPS) is 10.6. The SMILES string of the molecule is COC(=O)c1cc(Cl)c(C(=N)C(C)C)c(Nc2ccc(F)cc2)n1. The lowest BCUT2D eigenvalue weighted by molar-refractivity contribution is 0.0594. The molecule has 0 aliphatic rings. The van der Waals surface area contributed by atoms with Gasteiger partial charge in [-0.15, -0.1) is 0 Å². The van der Waals surface area contributed by atoms with E-state index in [1.807, 2.05) is 13.8 Å². The minimum Gasteiger partial charge on any atom is -0.464 e. The van der Waals surface area contributed by atoms with Gasteiger partial charge in [-0.25, -0.2) is 14.2 Å². The van der Waals surface area contributed by atoms with Gasteiger partial charge in [-0.05, 0) is 36.2 Å². The van der Waals surface area contributed by atoms with Crippen LogP contribution in [0.1, 0.15) is 29.9 Å². The van der Waals surface area contributed by atoms with E-state index in [4.69, 9.17) is 17.0 Å². The third kappa shape index (κ3) is 3.89. The number of anilines is 2. The number of ether oxygens (including phenoxy) is 1. The standard InChI is InChI=1S/C17H17ClFN3O2/c1-9(2)15(20)14-12(18)8-13(17(23)24-3)22-16(14)21-11-6-4-10(19)5-7-11/h4-9,20H,1-3H3,(H,21,22). The lowest BCUT2D eigenvalue weighted by Gasteiger charge is -2.16. The molecule has 1 aromatic heterocycles. The van der Waals surface area contributed by atoms with E-state index in [0.29, 0.717) is 11.3 Å². The van der Waals surface area contributed by atoms with E-state index < -0.39 is 5.97 Å². The molecule has 0 atom stereocenters. The molecular formula is C17H17ClFN3O2. The predicted molar refractivity (Wildman–Crippen MR) is 91.9 cm³/mol. The Bertz CT molecular complexity index is 776. The van der Waals surface area contributed by atoms with Gasteiger partial charge in [0.1, 0.15) is 11.6 Å². The van der Waals surface area contributed by atoms with E-state index in [9.17, 15) is 9.18 Å².